The first kappa shape index (κ1) is 12.8. The van der Waals surface area contributed by atoms with Gasteiger partial charge in [0.2, 0.25) is 0 Å². The summed E-state index contributed by atoms with van der Waals surface area (Å²) in [6.45, 7) is 0.208. The van der Waals surface area contributed by atoms with Crippen molar-refractivity contribution in [3.63, 3.8) is 0 Å². The van der Waals surface area contributed by atoms with Crippen molar-refractivity contribution >= 4 is 5.69 Å². The average Bonchev–Trinajstić information content (AvgIpc) is 2.43. The van der Waals surface area contributed by atoms with E-state index in [9.17, 15) is 8.78 Å². The number of nitrogens with one attached hydrogen (secondary N) is 1. The van der Waals surface area contributed by atoms with Gasteiger partial charge in [-0.15, -0.1) is 0 Å². The van der Waals surface area contributed by atoms with Crippen molar-refractivity contribution in [2.75, 3.05) is 5.32 Å². The molecular weight excluding hydrogens is 250 g/mol. The van der Waals surface area contributed by atoms with Crippen molar-refractivity contribution < 1.29 is 13.9 Å². The molecule has 0 aliphatic carbocycles. The summed E-state index contributed by atoms with van der Waals surface area (Å²) in [6, 6.07) is 10.8. The van der Waals surface area contributed by atoms with Crippen LogP contribution in [0.15, 0.2) is 36.4 Å². The highest BCUT2D eigenvalue weighted by Gasteiger charge is 2.09. The highest BCUT2D eigenvalue weighted by molar-refractivity contribution is 5.47. The van der Waals surface area contributed by atoms with Crippen LogP contribution in [0.25, 0.3) is 0 Å². The molecule has 0 spiro atoms. The molecule has 0 saturated carbocycles. The minimum atomic E-state index is -0.989. The molecule has 0 atom stereocenters. The van der Waals surface area contributed by atoms with E-state index in [-0.39, 0.29) is 6.54 Å². The standard InChI is InChI=1S/C14H10F2N2O/c15-12-5-10(6-13(16)14(12)19)8-18-11-3-1-9(7-17)2-4-11/h1-6,18-19H,8H2. The maximum atomic E-state index is 13.1. The molecule has 0 heterocycles. The molecule has 0 unspecified atom stereocenters. The van der Waals surface area contributed by atoms with Crippen LogP contribution in [-0.2, 0) is 6.54 Å². The number of nitriles is 1. The molecule has 0 amide bonds. The summed E-state index contributed by atoms with van der Waals surface area (Å²) < 4.78 is 26.2. The normalized spacial score (nSPS) is 9.95. The molecule has 0 aromatic heterocycles. The Morgan fingerprint density at radius 1 is 1.11 bits per heavy atom. The van der Waals surface area contributed by atoms with E-state index in [1.807, 2.05) is 6.07 Å². The van der Waals surface area contributed by atoms with E-state index >= 15 is 0 Å². The monoisotopic (exact) mass is 260 g/mol. The Hall–Kier alpha value is -2.61. The lowest BCUT2D eigenvalue weighted by Crippen LogP contribution is -2.00. The van der Waals surface area contributed by atoms with Gasteiger partial charge in [-0.25, -0.2) is 8.78 Å². The number of halogens is 2. The summed E-state index contributed by atoms with van der Waals surface area (Å²) in [5.74, 6) is -2.95. The van der Waals surface area contributed by atoms with Crippen LogP contribution in [0.3, 0.4) is 0 Å². The van der Waals surface area contributed by atoms with Gasteiger partial charge in [0, 0.05) is 12.2 Å². The number of phenols is 1. The number of phenolic OH excluding ortho intramolecular Hbond substituents is 1. The number of hydrogen-bond acceptors (Lipinski definition) is 3. The molecule has 0 aliphatic rings. The molecule has 0 fully saturated rings. The predicted octanol–water partition coefficient (Wildman–Crippen LogP) is 3.15. The number of nitrogens with zero attached hydrogens (tertiary/aromatic N) is 1. The van der Waals surface area contributed by atoms with Crippen LogP contribution in [0.1, 0.15) is 11.1 Å². The van der Waals surface area contributed by atoms with E-state index in [0.29, 0.717) is 11.1 Å². The molecule has 0 radical (unpaired) electrons. The Kier molecular flexibility index (Phi) is 3.62. The molecule has 96 valence electrons. The molecule has 0 aliphatic heterocycles. The topological polar surface area (TPSA) is 56.0 Å². The number of benzene rings is 2. The second-order valence-electron chi connectivity index (χ2n) is 3.95. The fourth-order valence-electron chi connectivity index (χ4n) is 1.59. The third-order valence-corrected chi connectivity index (χ3v) is 2.59. The fraction of sp³-hybridized carbons (Fsp3) is 0.0714. The number of rotatable bonds is 3. The van der Waals surface area contributed by atoms with Gasteiger partial charge < -0.3 is 10.4 Å². The molecule has 19 heavy (non-hydrogen) atoms. The first-order valence-corrected chi connectivity index (χ1v) is 5.51. The van der Waals surface area contributed by atoms with E-state index in [4.69, 9.17) is 10.4 Å². The summed E-state index contributed by atoms with van der Waals surface area (Å²) in [5.41, 5.74) is 1.64. The molecule has 2 aromatic carbocycles. The smallest absolute Gasteiger partial charge is 0.187 e. The maximum Gasteiger partial charge on any atom is 0.187 e. The Morgan fingerprint density at radius 2 is 1.68 bits per heavy atom. The summed E-state index contributed by atoms with van der Waals surface area (Å²) in [6.07, 6.45) is 0. The van der Waals surface area contributed by atoms with E-state index in [0.717, 1.165) is 17.8 Å². The Bertz CT molecular complexity index is 610. The molecule has 5 heteroatoms. The van der Waals surface area contributed by atoms with E-state index in [1.54, 1.807) is 24.3 Å². The van der Waals surface area contributed by atoms with Crippen LogP contribution >= 0.6 is 0 Å². The third-order valence-electron chi connectivity index (χ3n) is 2.59. The molecule has 3 nitrogen and oxygen atoms in total. The van der Waals surface area contributed by atoms with Crippen molar-refractivity contribution in [3.05, 3.63) is 59.2 Å². The third kappa shape index (κ3) is 2.99. The van der Waals surface area contributed by atoms with Crippen LogP contribution in [0.4, 0.5) is 14.5 Å². The van der Waals surface area contributed by atoms with Crippen molar-refractivity contribution in [1.82, 2.24) is 0 Å². The zero-order chi connectivity index (χ0) is 13.8. The quantitative estimate of drug-likeness (QED) is 0.891. The van der Waals surface area contributed by atoms with Crippen molar-refractivity contribution in [3.8, 4) is 11.8 Å². The van der Waals surface area contributed by atoms with Gasteiger partial charge in [0.1, 0.15) is 0 Å². The van der Waals surface area contributed by atoms with Crippen molar-refractivity contribution in [2.24, 2.45) is 0 Å². The minimum Gasteiger partial charge on any atom is -0.503 e. The van der Waals surface area contributed by atoms with Crippen molar-refractivity contribution in [2.45, 2.75) is 6.54 Å². The fourth-order valence-corrected chi connectivity index (χ4v) is 1.59. The maximum absolute atomic E-state index is 13.1. The van der Waals surface area contributed by atoms with Gasteiger partial charge in [-0.3, -0.25) is 0 Å². The molecule has 2 rings (SSSR count). The highest BCUT2D eigenvalue weighted by atomic mass is 19.1. The molecule has 2 N–H and O–H groups in total. The van der Waals surface area contributed by atoms with Gasteiger partial charge in [0.15, 0.2) is 17.4 Å². The van der Waals surface area contributed by atoms with E-state index in [1.165, 1.54) is 0 Å². The second-order valence-corrected chi connectivity index (χ2v) is 3.95. The summed E-state index contributed by atoms with van der Waals surface area (Å²) in [7, 11) is 0. The number of aromatic hydroxyl groups is 1. The van der Waals surface area contributed by atoms with Gasteiger partial charge in [0.25, 0.3) is 0 Å². The minimum absolute atomic E-state index is 0.208. The Balaban J connectivity index is 2.08. The lowest BCUT2D eigenvalue weighted by atomic mass is 10.2. The molecule has 0 saturated heterocycles. The lowest BCUT2D eigenvalue weighted by Gasteiger charge is -2.07. The van der Waals surface area contributed by atoms with Crippen molar-refractivity contribution in [1.29, 1.82) is 5.26 Å². The summed E-state index contributed by atoms with van der Waals surface area (Å²) >= 11 is 0. The second kappa shape index (κ2) is 5.36. The largest absolute Gasteiger partial charge is 0.503 e. The zero-order valence-corrected chi connectivity index (χ0v) is 9.82. The number of anilines is 1. The molecule has 0 bridgehead atoms. The highest BCUT2D eigenvalue weighted by Crippen LogP contribution is 2.22. The van der Waals surface area contributed by atoms with Gasteiger partial charge in [-0.1, -0.05) is 0 Å². The van der Waals surface area contributed by atoms with Gasteiger partial charge in [-0.2, -0.15) is 5.26 Å². The van der Waals surface area contributed by atoms with Gasteiger partial charge in [-0.05, 0) is 42.0 Å². The first-order chi connectivity index (χ1) is 9.10. The van der Waals surface area contributed by atoms with E-state index in [2.05, 4.69) is 5.32 Å². The Morgan fingerprint density at radius 3 is 2.21 bits per heavy atom. The number of hydrogen-bond donors (Lipinski definition) is 2. The first-order valence-electron chi connectivity index (χ1n) is 5.51. The molecular formula is C14H10F2N2O. The predicted molar refractivity (Wildman–Crippen MR) is 66.5 cm³/mol. The van der Waals surface area contributed by atoms with Crippen LogP contribution < -0.4 is 5.32 Å². The zero-order valence-electron chi connectivity index (χ0n) is 9.82. The van der Waals surface area contributed by atoms with E-state index < -0.39 is 17.4 Å². The van der Waals surface area contributed by atoms with Crippen LogP contribution in [-0.4, -0.2) is 5.11 Å². The lowest BCUT2D eigenvalue weighted by molar-refractivity contribution is 0.395. The van der Waals surface area contributed by atoms with Gasteiger partial charge >= 0.3 is 0 Å². The van der Waals surface area contributed by atoms with Gasteiger partial charge in [0.05, 0.1) is 11.6 Å². The van der Waals surface area contributed by atoms with Crippen LogP contribution in [0, 0.1) is 23.0 Å². The Labute approximate surface area is 108 Å². The SMILES string of the molecule is N#Cc1ccc(NCc2cc(F)c(O)c(F)c2)cc1. The molecule has 2 aromatic rings. The average molecular weight is 260 g/mol. The van der Waals surface area contributed by atoms with Crippen LogP contribution in [0.5, 0.6) is 5.75 Å². The summed E-state index contributed by atoms with van der Waals surface area (Å²) in [5, 5.41) is 20.6. The van der Waals surface area contributed by atoms with Crippen LogP contribution in [0.2, 0.25) is 0 Å². The summed E-state index contributed by atoms with van der Waals surface area (Å²) in [4.78, 5) is 0.